The Hall–Kier alpha value is -0.900. The third-order valence-corrected chi connectivity index (χ3v) is 4.22. The van der Waals surface area contributed by atoms with Gasteiger partial charge in [-0.15, -0.1) is 11.6 Å². The quantitative estimate of drug-likeness (QED) is 0.661. The Kier molecular flexibility index (Phi) is 5.19. The molecule has 0 fully saturated rings. The van der Waals surface area contributed by atoms with E-state index in [0.29, 0.717) is 16.5 Å². The fourth-order valence-electron chi connectivity index (χ4n) is 1.91. The SMILES string of the molecule is COc1cc(Cl)c(C(Cl)c2cccc(Br)c2)cc1OC. The van der Waals surface area contributed by atoms with E-state index in [9.17, 15) is 0 Å². The number of benzene rings is 2. The summed E-state index contributed by atoms with van der Waals surface area (Å²) in [6.45, 7) is 0. The average molecular weight is 376 g/mol. The second kappa shape index (κ2) is 6.70. The fourth-order valence-corrected chi connectivity index (χ4v) is 2.96. The van der Waals surface area contributed by atoms with Crippen LogP contribution in [0.15, 0.2) is 40.9 Å². The molecule has 20 heavy (non-hydrogen) atoms. The van der Waals surface area contributed by atoms with Gasteiger partial charge in [-0.1, -0.05) is 39.7 Å². The topological polar surface area (TPSA) is 18.5 Å². The van der Waals surface area contributed by atoms with E-state index in [1.165, 1.54) is 0 Å². The second-order valence-electron chi connectivity index (χ2n) is 4.15. The molecule has 2 rings (SSSR count). The van der Waals surface area contributed by atoms with Crippen molar-refractivity contribution in [1.29, 1.82) is 0 Å². The van der Waals surface area contributed by atoms with Gasteiger partial charge in [0.05, 0.1) is 19.6 Å². The summed E-state index contributed by atoms with van der Waals surface area (Å²) in [5.74, 6) is 1.19. The Morgan fingerprint density at radius 2 is 1.70 bits per heavy atom. The van der Waals surface area contributed by atoms with E-state index < -0.39 is 0 Å². The van der Waals surface area contributed by atoms with Crippen LogP contribution < -0.4 is 9.47 Å². The van der Waals surface area contributed by atoms with Gasteiger partial charge in [-0.3, -0.25) is 0 Å². The highest BCUT2D eigenvalue weighted by atomic mass is 79.9. The van der Waals surface area contributed by atoms with Crippen LogP contribution in [0.3, 0.4) is 0 Å². The van der Waals surface area contributed by atoms with Crippen LogP contribution in [-0.2, 0) is 0 Å². The highest BCUT2D eigenvalue weighted by Gasteiger charge is 2.18. The zero-order valence-electron chi connectivity index (χ0n) is 11.0. The van der Waals surface area contributed by atoms with Crippen molar-refractivity contribution in [3.05, 3.63) is 57.0 Å². The number of rotatable bonds is 4. The highest BCUT2D eigenvalue weighted by molar-refractivity contribution is 9.10. The monoisotopic (exact) mass is 374 g/mol. The predicted octanol–water partition coefficient (Wildman–Crippen LogP) is 5.45. The molecule has 0 N–H and O–H groups in total. The number of hydrogen-bond acceptors (Lipinski definition) is 2. The minimum atomic E-state index is -0.361. The molecule has 1 atom stereocenters. The van der Waals surface area contributed by atoms with Gasteiger partial charge in [-0.25, -0.2) is 0 Å². The Bertz CT molecular complexity index is 617. The molecule has 106 valence electrons. The third kappa shape index (κ3) is 3.22. The lowest BCUT2D eigenvalue weighted by atomic mass is 10.0. The molecule has 2 nitrogen and oxygen atoms in total. The molecule has 0 amide bonds. The molecule has 1 unspecified atom stereocenters. The van der Waals surface area contributed by atoms with Gasteiger partial charge < -0.3 is 9.47 Å². The first-order valence-corrected chi connectivity index (χ1v) is 7.48. The van der Waals surface area contributed by atoms with Crippen molar-refractivity contribution in [3.8, 4) is 11.5 Å². The maximum Gasteiger partial charge on any atom is 0.162 e. The summed E-state index contributed by atoms with van der Waals surface area (Å²) in [5.41, 5.74) is 1.74. The number of methoxy groups -OCH3 is 2. The molecule has 5 heteroatoms. The van der Waals surface area contributed by atoms with Gasteiger partial charge in [0, 0.05) is 15.6 Å². The minimum Gasteiger partial charge on any atom is -0.493 e. The van der Waals surface area contributed by atoms with E-state index in [1.54, 1.807) is 26.4 Å². The van der Waals surface area contributed by atoms with Gasteiger partial charge >= 0.3 is 0 Å². The Morgan fingerprint density at radius 1 is 1.05 bits per heavy atom. The van der Waals surface area contributed by atoms with E-state index in [-0.39, 0.29) is 5.38 Å². The van der Waals surface area contributed by atoms with E-state index in [1.807, 2.05) is 24.3 Å². The summed E-state index contributed by atoms with van der Waals surface area (Å²) in [5, 5.41) is 0.183. The van der Waals surface area contributed by atoms with Crippen LogP contribution in [0.2, 0.25) is 5.02 Å². The fraction of sp³-hybridized carbons (Fsp3) is 0.200. The third-order valence-electron chi connectivity index (χ3n) is 2.92. The molecule has 0 spiro atoms. The van der Waals surface area contributed by atoms with Crippen molar-refractivity contribution in [2.75, 3.05) is 14.2 Å². The summed E-state index contributed by atoms with van der Waals surface area (Å²) >= 11 is 16.3. The van der Waals surface area contributed by atoms with Crippen molar-refractivity contribution in [2.45, 2.75) is 5.38 Å². The lowest BCUT2D eigenvalue weighted by Crippen LogP contribution is -1.98. The second-order valence-corrected chi connectivity index (χ2v) is 5.91. The molecule has 2 aromatic carbocycles. The van der Waals surface area contributed by atoms with Gasteiger partial charge in [-0.05, 0) is 29.3 Å². The summed E-state index contributed by atoms with van der Waals surface area (Å²) in [4.78, 5) is 0. The van der Waals surface area contributed by atoms with Crippen LogP contribution >= 0.6 is 39.1 Å². The highest BCUT2D eigenvalue weighted by Crippen LogP contribution is 2.40. The summed E-state index contributed by atoms with van der Waals surface area (Å²) in [7, 11) is 3.15. The number of halogens is 3. The summed E-state index contributed by atoms with van der Waals surface area (Å²) in [6, 6.07) is 11.3. The standard InChI is InChI=1S/C15H13BrCl2O2/c1-19-13-7-11(12(17)8-14(13)20-2)15(18)9-4-3-5-10(16)6-9/h3-8,15H,1-2H3. The molecular weight excluding hydrogens is 363 g/mol. The van der Waals surface area contributed by atoms with Crippen molar-refractivity contribution in [1.82, 2.24) is 0 Å². The molecule has 0 aliphatic carbocycles. The van der Waals surface area contributed by atoms with Gasteiger partial charge in [0.1, 0.15) is 0 Å². The van der Waals surface area contributed by atoms with Gasteiger partial charge in [0.2, 0.25) is 0 Å². The Labute approximate surface area is 136 Å². The molecule has 0 radical (unpaired) electrons. The van der Waals surface area contributed by atoms with E-state index in [0.717, 1.165) is 15.6 Å². The Balaban J connectivity index is 2.46. The lowest BCUT2D eigenvalue weighted by molar-refractivity contribution is 0.354. The van der Waals surface area contributed by atoms with Crippen LogP contribution in [0.25, 0.3) is 0 Å². The van der Waals surface area contributed by atoms with Crippen LogP contribution in [0.4, 0.5) is 0 Å². The molecule has 0 bridgehead atoms. The van der Waals surface area contributed by atoms with Crippen molar-refractivity contribution in [3.63, 3.8) is 0 Å². The predicted molar refractivity (Wildman–Crippen MR) is 86.4 cm³/mol. The molecular formula is C15H13BrCl2O2. The Morgan fingerprint density at radius 3 is 2.30 bits per heavy atom. The van der Waals surface area contributed by atoms with Crippen molar-refractivity contribution >= 4 is 39.1 Å². The molecule has 0 saturated carbocycles. The average Bonchev–Trinajstić information content (AvgIpc) is 2.46. The molecule has 0 aliphatic heterocycles. The van der Waals surface area contributed by atoms with E-state index in [2.05, 4.69) is 15.9 Å². The van der Waals surface area contributed by atoms with Crippen molar-refractivity contribution in [2.24, 2.45) is 0 Å². The van der Waals surface area contributed by atoms with Gasteiger partial charge in [0.25, 0.3) is 0 Å². The zero-order valence-corrected chi connectivity index (χ0v) is 14.1. The van der Waals surface area contributed by atoms with Crippen LogP contribution in [-0.4, -0.2) is 14.2 Å². The van der Waals surface area contributed by atoms with Gasteiger partial charge in [0.15, 0.2) is 11.5 Å². The number of hydrogen-bond donors (Lipinski definition) is 0. The molecule has 0 heterocycles. The molecule has 2 aromatic rings. The smallest absolute Gasteiger partial charge is 0.162 e. The van der Waals surface area contributed by atoms with E-state index >= 15 is 0 Å². The first-order valence-electron chi connectivity index (χ1n) is 5.87. The first-order chi connectivity index (χ1) is 9.56. The van der Waals surface area contributed by atoms with Gasteiger partial charge in [-0.2, -0.15) is 0 Å². The first kappa shape index (κ1) is 15.5. The van der Waals surface area contributed by atoms with Crippen LogP contribution in [0, 0.1) is 0 Å². The molecule has 0 aliphatic rings. The maximum absolute atomic E-state index is 6.53. The largest absolute Gasteiger partial charge is 0.493 e. The van der Waals surface area contributed by atoms with Crippen LogP contribution in [0.1, 0.15) is 16.5 Å². The summed E-state index contributed by atoms with van der Waals surface area (Å²) in [6.07, 6.45) is 0. The normalized spacial score (nSPS) is 12.1. The molecule has 0 saturated heterocycles. The lowest BCUT2D eigenvalue weighted by Gasteiger charge is -2.16. The van der Waals surface area contributed by atoms with Crippen molar-refractivity contribution < 1.29 is 9.47 Å². The van der Waals surface area contributed by atoms with E-state index in [4.69, 9.17) is 32.7 Å². The zero-order chi connectivity index (χ0) is 14.7. The number of alkyl halides is 1. The number of ether oxygens (including phenoxy) is 2. The summed E-state index contributed by atoms with van der Waals surface area (Å²) < 4.78 is 11.5. The maximum atomic E-state index is 6.53. The minimum absolute atomic E-state index is 0.361. The molecule has 0 aromatic heterocycles. The van der Waals surface area contributed by atoms with Crippen LogP contribution in [0.5, 0.6) is 11.5 Å².